The van der Waals surface area contributed by atoms with Crippen molar-refractivity contribution < 1.29 is 9.53 Å². The standard InChI is InChI=1S/C19H17ClN4O2/c1-2-26-18-12-16(13-21-24(18)17-9-4-3-5-10-17)23-19(25)22-15-8-6-7-14(20)11-15/h3-13H,2H2,1H3,(H,22,25)/b23-16-. The van der Waals surface area contributed by atoms with E-state index in [-0.39, 0.29) is 0 Å². The van der Waals surface area contributed by atoms with Gasteiger partial charge in [-0.25, -0.2) is 9.48 Å². The van der Waals surface area contributed by atoms with Gasteiger partial charge in [-0.1, -0.05) is 35.9 Å². The van der Waals surface area contributed by atoms with Crippen molar-refractivity contribution in [3.63, 3.8) is 0 Å². The van der Waals surface area contributed by atoms with Crippen molar-refractivity contribution in [2.75, 3.05) is 11.9 Å². The van der Waals surface area contributed by atoms with Crippen LogP contribution in [0.25, 0.3) is 5.69 Å². The van der Waals surface area contributed by atoms with Gasteiger partial charge in [0.25, 0.3) is 0 Å². The predicted molar refractivity (Wildman–Crippen MR) is 101 cm³/mol. The van der Waals surface area contributed by atoms with Crippen LogP contribution in [0.2, 0.25) is 5.02 Å². The molecule has 6 nitrogen and oxygen atoms in total. The van der Waals surface area contributed by atoms with Crippen LogP contribution in [-0.2, 0) is 0 Å². The number of urea groups is 1. The normalized spacial score (nSPS) is 11.2. The number of halogens is 1. The molecule has 2 aromatic carbocycles. The summed E-state index contributed by atoms with van der Waals surface area (Å²) in [5.74, 6) is 0.496. The van der Waals surface area contributed by atoms with E-state index in [4.69, 9.17) is 16.3 Å². The van der Waals surface area contributed by atoms with Gasteiger partial charge in [0, 0.05) is 16.8 Å². The maximum atomic E-state index is 12.1. The molecular formula is C19H17ClN4O2. The van der Waals surface area contributed by atoms with Crippen LogP contribution in [0.5, 0.6) is 5.88 Å². The number of ether oxygens (including phenoxy) is 1. The Hall–Kier alpha value is -3.12. The van der Waals surface area contributed by atoms with Gasteiger partial charge >= 0.3 is 6.03 Å². The number of amides is 2. The Morgan fingerprint density at radius 1 is 1.19 bits per heavy atom. The summed E-state index contributed by atoms with van der Waals surface area (Å²) in [6.45, 7) is 2.34. The maximum Gasteiger partial charge on any atom is 0.345 e. The van der Waals surface area contributed by atoms with Crippen molar-refractivity contribution in [3.05, 3.63) is 77.2 Å². The third-order valence-electron chi connectivity index (χ3n) is 3.39. The molecule has 3 aromatic rings. The van der Waals surface area contributed by atoms with Gasteiger partial charge in [-0.15, -0.1) is 0 Å². The summed E-state index contributed by atoms with van der Waals surface area (Å²) >= 11 is 5.91. The number of hydrogen-bond donors (Lipinski definition) is 1. The Labute approximate surface area is 155 Å². The Kier molecular flexibility index (Phi) is 5.66. The Morgan fingerprint density at radius 2 is 2.00 bits per heavy atom. The SMILES string of the molecule is CCOc1c/c(=N/C(=O)Nc2cccc(Cl)c2)cnn1-c1ccccc1. The van der Waals surface area contributed by atoms with Crippen molar-refractivity contribution in [1.82, 2.24) is 9.78 Å². The molecule has 0 atom stereocenters. The maximum absolute atomic E-state index is 12.1. The zero-order chi connectivity index (χ0) is 18.4. The fourth-order valence-electron chi connectivity index (χ4n) is 2.31. The first-order valence-electron chi connectivity index (χ1n) is 8.04. The second kappa shape index (κ2) is 8.31. The molecule has 0 bridgehead atoms. The van der Waals surface area contributed by atoms with E-state index in [0.717, 1.165) is 5.69 Å². The molecule has 1 aromatic heterocycles. The van der Waals surface area contributed by atoms with Crippen molar-refractivity contribution >= 4 is 23.3 Å². The summed E-state index contributed by atoms with van der Waals surface area (Å²) < 4.78 is 7.29. The number of aromatic nitrogens is 2. The predicted octanol–water partition coefficient (Wildman–Crippen LogP) is 4.06. The Balaban J connectivity index is 1.89. The van der Waals surface area contributed by atoms with Crippen LogP contribution in [-0.4, -0.2) is 22.4 Å². The first kappa shape index (κ1) is 17.7. The molecule has 1 N–H and O–H groups in total. The fourth-order valence-corrected chi connectivity index (χ4v) is 2.50. The number of nitrogens with zero attached hydrogens (tertiary/aromatic N) is 3. The zero-order valence-corrected chi connectivity index (χ0v) is 14.8. The molecule has 0 aliphatic carbocycles. The van der Waals surface area contributed by atoms with Crippen molar-refractivity contribution in [2.24, 2.45) is 4.99 Å². The molecule has 0 spiro atoms. The first-order chi connectivity index (χ1) is 12.7. The largest absolute Gasteiger partial charge is 0.478 e. The summed E-state index contributed by atoms with van der Waals surface area (Å²) in [6.07, 6.45) is 1.51. The molecule has 7 heteroatoms. The average Bonchev–Trinajstić information content (AvgIpc) is 2.63. The molecule has 2 amide bonds. The highest BCUT2D eigenvalue weighted by atomic mass is 35.5. The van der Waals surface area contributed by atoms with Crippen molar-refractivity contribution in [1.29, 1.82) is 0 Å². The number of hydrogen-bond acceptors (Lipinski definition) is 3. The molecule has 0 unspecified atom stereocenters. The minimum Gasteiger partial charge on any atom is -0.478 e. The molecule has 0 aliphatic rings. The van der Waals surface area contributed by atoms with Gasteiger partial charge in [0.15, 0.2) is 0 Å². The van der Waals surface area contributed by atoms with E-state index in [1.165, 1.54) is 6.20 Å². The molecule has 0 radical (unpaired) electrons. The number of carbonyl (C=O) groups excluding carboxylic acids is 1. The molecule has 0 aliphatic heterocycles. The third-order valence-corrected chi connectivity index (χ3v) is 3.62. The Morgan fingerprint density at radius 3 is 2.73 bits per heavy atom. The number of nitrogens with one attached hydrogen (secondary N) is 1. The monoisotopic (exact) mass is 368 g/mol. The van der Waals surface area contributed by atoms with E-state index in [1.807, 2.05) is 37.3 Å². The van der Waals surface area contributed by atoms with Crippen molar-refractivity contribution in [2.45, 2.75) is 6.92 Å². The molecule has 0 fully saturated rings. The zero-order valence-electron chi connectivity index (χ0n) is 14.1. The van der Waals surface area contributed by atoms with E-state index < -0.39 is 6.03 Å². The Bertz CT molecular complexity index is 971. The molecular weight excluding hydrogens is 352 g/mol. The molecule has 0 saturated heterocycles. The van der Waals surface area contributed by atoms with E-state index >= 15 is 0 Å². The van der Waals surface area contributed by atoms with E-state index in [1.54, 1.807) is 35.0 Å². The number of benzene rings is 2. The lowest BCUT2D eigenvalue weighted by molar-refractivity contribution is 0.259. The van der Waals surface area contributed by atoms with Gasteiger partial charge in [0.05, 0.1) is 23.8 Å². The quantitative estimate of drug-likeness (QED) is 0.755. The fraction of sp³-hybridized carbons (Fsp3) is 0.105. The van der Waals surface area contributed by atoms with Gasteiger partial charge in [-0.3, -0.25) is 0 Å². The lowest BCUT2D eigenvalue weighted by atomic mass is 10.3. The lowest BCUT2D eigenvalue weighted by Crippen LogP contribution is -2.17. The molecule has 26 heavy (non-hydrogen) atoms. The highest BCUT2D eigenvalue weighted by Gasteiger charge is 2.06. The van der Waals surface area contributed by atoms with Gasteiger partial charge in [-0.2, -0.15) is 10.1 Å². The van der Waals surface area contributed by atoms with Gasteiger partial charge in [0.2, 0.25) is 5.88 Å². The first-order valence-corrected chi connectivity index (χ1v) is 8.42. The number of para-hydroxylation sites is 1. The molecule has 132 valence electrons. The summed E-state index contributed by atoms with van der Waals surface area (Å²) in [4.78, 5) is 16.1. The van der Waals surface area contributed by atoms with Crippen molar-refractivity contribution in [3.8, 4) is 11.6 Å². The number of rotatable bonds is 4. The van der Waals surface area contributed by atoms with Crippen LogP contribution in [0, 0.1) is 0 Å². The molecule has 3 rings (SSSR count). The number of carbonyl (C=O) groups is 1. The van der Waals surface area contributed by atoms with Gasteiger partial charge in [0.1, 0.15) is 0 Å². The number of anilines is 1. The third kappa shape index (κ3) is 4.49. The minimum atomic E-state index is -0.519. The van der Waals surface area contributed by atoms with E-state index in [2.05, 4.69) is 15.4 Å². The summed E-state index contributed by atoms with van der Waals surface area (Å²) in [5.41, 5.74) is 1.42. The smallest absolute Gasteiger partial charge is 0.345 e. The van der Waals surface area contributed by atoms with Crippen LogP contribution < -0.4 is 15.4 Å². The highest BCUT2D eigenvalue weighted by Crippen LogP contribution is 2.15. The van der Waals surface area contributed by atoms with Crippen LogP contribution in [0.1, 0.15) is 6.92 Å². The second-order valence-corrected chi connectivity index (χ2v) is 5.72. The summed E-state index contributed by atoms with van der Waals surface area (Å²) in [6, 6.07) is 17.6. The van der Waals surface area contributed by atoms with Gasteiger partial charge in [-0.05, 0) is 37.3 Å². The molecule has 1 heterocycles. The minimum absolute atomic E-state index is 0.389. The lowest BCUT2D eigenvalue weighted by Gasteiger charge is -2.11. The van der Waals surface area contributed by atoms with Crippen LogP contribution in [0.3, 0.4) is 0 Å². The van der Waals surface area contributed by atoms with E-state index in [0.29, 0.717) is 28.6 Å². The van der Waals surface area contributed by atoms with Crippen LogP contribution in [0.4, 0.5) is 10.5 Å². The average molecular weight is 369 g/mol. The highest BCUT2D eigenvalue weighted by molar-refractivity contribution is 6.30. The van der Waals surface area contributed by atoms with Gasteiger partial charge < -0.3 is 10.1 Å². The molecule has 0 saturated carbocycles. The van der Waals surface area contributed by atoms with E-state index in [9.17, 15) is 4.79 Å². The van der Waals surface area contributed by atoms with Crippen LogP contribution >= 0.6 is 11.6 Å². The second-order valence-electron chi connectivity index (χ2n) is 5.28. The topological polar surface area (TPSA) is 68.5 Å². The summed E-state index contributed by atoms with van der Waals surface area (Å²) in [5, 5.41) is 7.93. The van der Waals surface area contributed by atoms with Crippen LogP contribution in [0.15, 0.2) is 71.9 Å². The summed E-state index contributed by atoms with van der Waals surface area (Å²) in [7, 11) is 0.